The molecule has 2 heterocycles. The van der Waals surface area contributed by atoms with Crippen LogP contribution in [0.15, 0.2) is 28.8 Å². The number of hydrogen-bond donors (Lipinski definition) is 1. The smallest absolute Gasteiger partial charge is 0.201 e. The highest BCUT2D eigenvalue weighted by atomic mass is 16.5. The van der Waals surface area contributed by atoms with Gasteiger partial charge in [0.2, 0.25) is 5.95 Å². The lowest BCUT2D eigenvalue weighted by atomic mass is 10.2. The van der Waals surface area contributed by atoms with Crippen LogP contribution in [0.4, 0.5) is 5.95 Å². The number of para-hydroxylation sites is 1. The number of anilines is 1. The van der Waals surface area contributed by atoms with E-state index < -0.39 is 0 Å². The number of rotatable bonds is 2. The van der Waals surface area contributed by atoms with Crippen molar-refractivity contribution in [3.05, 3.63) is 41.3 Å². The molecule has 0 atom stereocenters. The van der Waals surface area contributed by atoms with E-state index in [1.54, 1.807) is 6.07 Å². The van der Waals surface area contributed by atoms with Gasteiger partial charge in [-0.25, -0.2) is 4.98 Å². The summed E-state index contributed by atoms with van der Waals surface area (Å²) >= 11 is 0. The van der Waals surface area contributed by atoms with E-state index in [9.17, 15) is 0 Å². The molecule has 0 fully saturated rings. The summed E-state index contributed by atoms with van der Waals surface area (Å²) < 4.78 is 6.85. The Balaban J connectivity index is 2.14. The molecule has 0 spiro atoms. The van der Waals surface area contributed by atoms with Crippen LogP contribution in [0.25, 0.3) is 11.0 Å². The summed E-state index contributed by atoms with van der Waals surface area (Å²) in [5, 5.41) is 13.0. The molecule has 94 valence electrons. The number of nitriles is 1. The fourth-order valence-electron chi connectivity index (χ4n) is 2.08. The van der Waals surface area contributed by atoms with E-state index in [-0.39, 0.29) is 0 Å². The second-order valence-electron chi connectivity index (χ2n) is 4.27. The van der Waals surface area contributed by atoms with Gasteiger partial charge < -0.3 is 14.8 Å². The largest absolute Gasteiger partial charge is 0.369 e. The Morgan fingerprint density at radius 1 is 1.47 bits per heavy atom. The Kier molecular flexibility index (Phi) is 2.46. The van der Waals surface area contributed by atoms with E-state index in [1.165, 1.54) is 0 Å². The fraction of sp³-hybridized carbons (Fsp3) is 0.154. The summed E-state index contributed by atoms with van der Waals surface area (Å²) in [7, 11) is 0. The van der Waals surface area contributed by atoms with Gasteiger partial charge in [-0.1, -0.05) is 11.2 Å². The maximum atomic E-state index is 9.06. The minimum atomic E-state index is 0.360. The van der Waals surface area contributed by atoms with Crippen molar-refractivity contribution in [1.29, 1.82) is 5.26 Å². The van der Waals surface area contributed by atoms with Crippen LogP contribution in [0.2, 0.25) is 0 Å². The standard InChI is InChI=1S/C13H11N5O/c1-8-5-10(17-19-8)7-18-11-4-2-3-9(6-14)12(11)16-13(18)15/h2-5H,7H2,1H3,(H2,15,16). The first-order valence-corrected chi connectivity index (χ1v) is 5.76. The molecule has 0 aliphatic rings. The molecule has 3 aromatic rings. The summed E-state index contributed by atoms with van der Waals surface area (Å²) in [5.41, 5.74) is 8.63. The zero-order chi connectivity index (χ0) is 13.4. The molecule has 0 radical (unpaired) electrons. The van der Waals surface area contributed by atoms with E-state index in [2.05, 4.69) is 16.2 Å². The lowest BCUT2D eigenvalue weighted by Crippen LogP contribution is -2.04. The van der Waals surface area contributed by atoms with Crippen LogP contribution in [-0.2, 0) is 6.54 Å². The Hall–Kier alpha value is -2.81. The van der Waals surface area contributed by atoms with Gasteiger partial charge in [0.15, 0.2) is 0 Å². The predicted molar refractivity (Wildman–Crippen MR) is 69.2 cm³/mol. The molecule has 2 N–H and O–H groups in total. The van der Waals surface area contributed by atoms with Gasteiger partial charge in [-0.15, -0.1) is 0 Å². The quantitative estimate of drug-likeness (QED) is 0.752. The average molecular weight is 253 g/mol. The highest BCUT2D eigenvalue weighted by molar-refractivity contribution is 5.84. The maximum Gasteiger partial charge on any atom is 0.201 e. The molecule has 0 aliphatic carbocycles. The first-order chi connectivity index (χ1) is 9.19. The van der Waals surface area contributed by atoms with Crippen molar-refractivity contribution in [2.75, 3.05) is 5.73 Å². The van der Waals surface area contributed by atoms with Crippen LogP contribution in [0.1, 0.15) is 17.0 Å². The third-order valence-corrected chi connectivity index (χ3v) is 2.93. The third kappa shape index (κ3) is 1.81. The molecular weight excluding hydrogens is 242 g/mol. The predicted octanol–water partition coefficient (Wildman–Crippen LogP) is 1.83. The van der Waals surface area contributed by atoms with Crippen molar-refractivity contribution < 1.29 is 4.52 Å². The Morgan fingerprint density at radius 2 is 2.32 bits per heavy atom. The van der Waals surface area contributed by atoms with E-state index >= 15 is 0 Å². The molecule has 0 unspecified atom stereocenters. The molecular formula is C13H11N5O. The zero-order valence-electron chi connectivity index (χ0n) is 10.3. The highest BCUT2D eigenvalue weighted by Crippen LogP contribution is 2.22. The zero-order valence-corrected chi connectivity index (χ0v) is 10.3. The Morgan fingerprint density at radius 3 is 3.00 bits per heavy atom. The number of nitrogen functional groups attached to an aromatic ring is 1. The van der Waals surface area contributed by atoms with Gasteiger partial charge in [-0.3, -0.25) is 0 Å². The SMILES string of the molecule is Cc1cc(Cn2c(N)nc3c(C#N)cccc32)no1. The minimum Gasteiger partial charge on any atom is -0.369 e. The maximum absolute atomic E-state index is 9.06. The minimum absolute atomic E-state index is 0.360. The molecule has 2 aromatic heterocycles. The van der Waals surface area contributed by atoms with Crippen molar-refractivity contribution in [3.63, 3.8) is 0 Å². The molecule has 19 heavy (non-hydrogen) atoms. The molecule has 0 bridgehead atoms. The molecule has 3 rings (SSSR count). The normalized spacial score (nSPS) is 10.7. The third-order valence-electron chi connectivity index (χ3n) is 2.93. The highest BCUT2D eigenvalue weighted by Gasteiger charge is 2.13. The molecule has 0 saturated heterocycles. The number of imidazole rings is 1. The molecule has 6 heteroatoms. The summed E-state index contributed by atoms with van der Waals surface area (Å²) in [6.45, 7) is 2.30. The van der Waals surface area contributed by atoms with Crippen molar-refractivity contribution in [1.82, 2.24) is 14.7 Å². The lowest BCUT2D eigenvalue weighted by molar-refractivity contribution is 0.389. The van der Waals surface area contributed by atoms with Gasteiger partial charge in [0.25, 0.3) is 0 Å². The summed E-state index contributed by atoms with van der Waals surface area (Å²) in [4.78, 5) is 4.25. The number of benzene rings is 1. The second kappa shape index (κ2) is 4.14. The Labute approximate surface area is 109 Å². The molecule has 1 aromatic carbocycles. The first-order valence-electron chi connectivity index (χ1n) is 5.76. The number of hydrogen-bond acceptors (Lipinski definition) is 5. The number of fused-ring (bicyclic) bond motifs is 1. The second-order valence-corrected chi connectivity index (χ2v) is 4.27. The lowest BCUT2D eigenvalue weighted by Gasteiger charge is -2.03. The van der Waals surface area contributed by atoms with Crippen molar-refractivity contribution in [2.45, 2.75) is 13.5 Å². The van der Waals surface area contributed by atoms with Crippen LogP contribution in [-0.4, -0.2) is 14.7 Å². The fourth-order valence-corrected chi connectivity index (χ4v) is 2.08. The number of aromatic nitrogens is 3. The average Bonchev–Trinajstić information content (AvgIpc) is 2.94. The summed E-state index contributed by atoms with van der Waals surface area (Å²) in [5.74, 6) is 1.11. The molecule has 0 aliphatic heterocycles. The van der Waals surface area contributed by atoms with E-state index in [4.69, 9.17) is 15.5 Å². The van der Waals surface area contributed by atoms with Crippen molar-refractivity contribution in [3.8, 4) is 6.07 Å². The van der Waals surface area contributed by atoms with Gasteiger partial charge in [-0.05, 0) is 19.1 Å². The van der Waals surface area contributed by atoms with Crippen molar-refractivity contribution >= 4 is 17.0 Å². The number of nitrogens with two attached hydrogens (primary N) is 1. The van der Waals surface area contributed by atoms with Crippen LogP contribution >= 0.6 is 0 Å². The van der Waals surface area contributed by atoms with Crippen LogP contribution in [0.3, 0.4) is 0 Å². The van der Waals surface area contributed by atoms with Gasteiger partial charge in [0.1, 0.15) is 23.0 Å². The van der Waals surface area contributed by atoms with E-state index in [1.807, 2.05) is 29.7 Å². The topological polar surface area (TPSA) is 93.7 Å². The van der Waals surface area contributed by atoms with Gasteiger partial charge in [-0.2, -0.15) is 5.26 Å². The first kappa shape index (κ1) is 11.3. The van der Waals surface area contributed by atoms with Gasteiger partial charge in [0, 0.05) is 6.07 Å². The molecule has 6 nitrogen and oxygen atoms in total. The Bertz CT molecular complexity index is 793. The van der Waals surface area contributed by atoms with E-state index in [0.717, 1.165) is 17.0 Å². The summed E-state index contributed by atoms with van der Waals surface area (Å²) in [6.07, 6.45) is 0. The van der Waals surface area contributed by atoms with Gasteiger partial charge in [0.05, 0.1) is 17.6 Å². The van der Waals surface area contributed by atoms with Crippen LogP contribution in [0, 0.1) is 18.3 Å². The summed E-state index contributed by atoms with van der Waals surface area (Å²) in [6, 6.07) is 9.37. The number of nitrogens with zero attached hydrogens (tertiary/aromatic N) is 4. The van der Waals surface area contributed by atoms with Crippen molar-refractivity contribution in [2.24, 2.45) is 0 Å². The van der Waals surface area contributed by atoms with Crippen LogP contribution in [0.5, 0.6) is 0 Å². The number of aryl methyl sites for hydroxylation is 1. The van der Waals surface area contributed by atoms with E-state index in [0.29, 0.717) is 23.6 Å². The molecule has 0 saturated carbocycles. The monoisotopic (exact) mass is 253 g/mol. The van der Waals surface area contributed by atoms with Gasteiger partial charge >= 0.3 is 0 Å². The van der Waals surface area contributed by atoms with Crippen LogP contribution < -0.4 is 5.73 Å². The molecule has 0 amide bonds.